The molecule has 0 aliphatic carbocycles. The summed E-state index contributed by atoms with van der Waals surface area (Å²) in [4.78, 5) is 67.7. The zero-order valence-electron chi connectivity index (χ0n) is 27.1. The summed E-state index contributed by atoms with van der Waals surface area (Å²) in [6, 6.07) is 5.67. The van der Waals surface area contributed by atoms with Gasteiger partial charge in [-0.1, -0.05) is 18.2 Å². The monoisotopic (exact) mass is 616 g/mol. The van der Waals surface area contributed by atoms with E-state index in [-0.39, 0.29) is 11.8 Å². The van der Waals surface area contributed by atoms with Gasteiger partial charge in [-0.25, -0.2) is 14.4 Å². The number of likely N-dealkylation sites (tertiary alicyclic amines) is 1. The molecule has 0 spiro atoms. The van der Waals surface area contributed by atoms with Gasteiger partial charge >= 0.3 is 18.2 Å². The van der Waals surface area contributed by atoms with Crippen LogP contribution >= 0.6 is 0 Å². The molecule has 0 radical (unpaired) electrons. The van der Waals surface area contributed by atoms with Crippen LogP contribution in [0.2, 0.25) is 0 Å². The van der Waals surface area contributed by atoms with Crippen LogP contribution in [0.25, 0.3) is 0 Å². The fourth-order valence-corrected chi connectivity index (χ4v) is 5.34. The molecule has 2 heterocycles. The van der Waals surface area contributed by atoms with Gasteiger partial charge < -0.3 is 29.7 Å². The Bertz CT molecular complexity index is 1200. The summed E-state index contributed by atoms with van der Waals surface area (Å²) in [5.74, 6) is -1.57. The summed E-state index contributed by atoms with van der Waals surface area (Å²) in [7, 11) is 1.26. The summed E-state index contributed by atoms with van der Waals surface area (Å²) < 4.78 is 15.7. The second-order valence-electron chi connectivity index (χ2n) is 13.3. The molecule has 0 aromatic heterocycles. The minimum atomic E-state index is -0.910. The van der Waals surface area contributed by atoms with Crippen molar-refractivity contribution in [2.75, 3.05) is 31.6 Å². The maximum absolute atomic E-state index is 13.9. The molecule has 244 valence electrons. The van der Waals surface area contributed by atoms with Crippen molar-refractivity contribution < 1.29 is 38.2 Å². The first-order chi connectivity index (χ1) is 20.6. The minimum Gasteiger partial charge on any atom is -0.467 e. The lowest BCUT2D eigenvalue weighted by Crippen LogP contribution is -2.54. The summed E-state index contributed by atoms with van der Waals surface area (Å²) in [6.45, 7) is 11.9. The van der Waals surface area contributed by atoms with Crippen LogP contribution in [0.3, 0.4) is 0 Å². The summed E-state index contributed by atoms with van der Waals surface area (Å²) in [6.07, 6.45) is 1.69. The van der Waals surface area contributed by atoms with Gasteiger partial charge in [0.25, 0.3) is 0 Å². The number of amides is 4. The zero-order valence-corrected chi connectivity index (χ0v) is 27.1. The number of methoxy groups -OCH3 is 1. The molecule has 2 unspecified atom stereocenters. The Morgan fingerprint density at radius 2 is 1.57 bits per heavy atom. The van der Waals surface area contributed by atoms with E-state index in [9.17, 15) is 24.0 Å². The van der Waals surface area contributed by atoms with E-state index in [1.165, 1.54) is 7.11 Å². The highest BCUT2D eigenvalue weighted by Gasteiger charge is 2.42. The van der Waals surface area contributed by atoms with Crippen molar-refractivity contribution in [1.82, 2.24) is 15.5 Å². The summed E-state index contributed by atoms with van der Waals surface area (Å²) in [5, 5.41) is 5.50. The van der Waals surface area contributed by atoms with Gasteiger partial charge in [-0.2, -0.15) is 0 Å². The van der Waals surface area contributed by atoms with E-state index in [0.717, 1.165) is 5.56 Å². The van der Waals surface area contributed by atoms with Gasteiger partial charge in [0.15, 0.2) is 0 Å². The van der Waals surface area contributed by atoms with Crippen LogP contribution in [0.5, 0.6) is 0 Å². The van der Waals surface area contributed by atoms with E-state index >= 15 is 0 Å². The SMILES string of the molecule is COC(=O)C(CCCCNC(=O)OC(C)(C)C)NC(=O)C1Cc2ccccc2N1C(=O)C1CCN(C(=O)OC(C)(C)C)CC1. The summed E-state index contributed by atoms with van der Waals surface area (Å²) in [5.41, 5.74) is 0.338. The van der Waals surface area contributed by atoms with Crippen molar-refractivity contribution in [1.29, 1.82) is 0 Å². The van der Waals surface area contributed by atoms with E-state index < -0.39 is 47.3 Å². The number of esters is 1. The lowest BCUT2D eigenvalue weighted by molar-refractivity contribution is -0.145. The molecular formula is C32H48N4O8. The van der Waals surface area contributed by atoms with Crippen LogP contribution in [0.4, 0.5) is 15.3 Å². The number of nitrogens with zero attached hydrogens (tertiary/aromatic N) is 2. The van der Waals surface area contributed by atoms with Gasteiger partial charge in [-0.3, -0.25) is 14.5 Å². The first-order valence-corrected chi connectivity index (χ1v) is 15.3. The van der Waals surface area contributed by atoms with Crippen LogP contribution < -0.4 is 15.5 Å². The van der Waals surface area contributed by atoms with E-state index in [1.54, 1.807) is 30.6 Å². The zero-order chi connectivity index (χ0) is 32.7. The van der Waals surface area contributed by atoms with Gasteiger partial charge in [-0.05, 0) is 85.3 Å². The number of anilines is 1. The Labute approximate surface area is 260 Å². The topological polar surface area (TPSA) is 144 Å². The molecule has 0 saturated carbocycles. The Morgan fingerprint density at radius 1 is 0.932 bits per heavy atom. The fourth-order valence-electron chi connectivity index (χ4n) is 5.34. The lowest BCUT2D eigenvalue weighted by Gasteiger charge is -2.35. The maximum atomic E-state index is 13.9. The number of piperidine rings is 1. The molecule has 0 bridgehead atoms. The van der Waals surface area contributed by atoms with Gasteiger partial charge in [0.1, 0.15) is 23.3 Å². The third-order valence-electron chi connectivity index (χ3n) is 7.40. The molecule has 12 nitrogen and oxygen atoms in total. The largest absolute Gasteiger partial charge is 0.467 e. The number of hydrogen-bond acceptors (Lipinski definition) is 8. The molecule has 1 saturated heterocycles. The highest BCUT2D eigenvalue weighted by atomic mass is 16.6. The van der Waals surface area contributed by atoms with Gasteiger partial charge in [0, 0.05) is 37.7 Å². The number of fused-ring (bicyclic) bond motifs is 1. The van der Waals surface area contributed by atoms with Crippen molar-refractivity contribution in [3.05, 3.63) is 29.8 Å². The number of alkyl carbamates (subject to hydrolysis) is 1. The van der Waals surface area contributed by atoms with Gasteiger partial charge in [0.05, 0.1) is 7.11 Å². The van der Waals surface area contributed by atoms with Crippen LogP contribution in [0, 0.1) is 5.92 Å². The van der Waals surface area contributed by atoms with Crippen molar-refractivity contribution in [2.45, 2.75) is 103 Å². The molecule has 12 heteroatoms. The van der Waals surface area contributed by atoms with Crippen LogP contribution in [0.1, 0.15) is 79.2 Å². The second kappa shape index (κ2) is 14.8. The Morgan fingerprint density at radius 3 is 2.18 bits per heavy atom. The predicted molar refractivity (Wildman–Crippen MR) is 164 cm³/mol. The molecule has 1 aromatic carbocycles. The first kappa shape index (κ1) is 34.7. The standard InChI is InChI=1S/C32H48N4O8/c1-31(2,3)43-29(40)33-17-11-10-13-23(28(39)42-7)34-26(37)25-20-22-12-8-9-14-24(22)36(25)27(38)21-15-18-35(19-16-21)30(41)44-32(4,5)6/h8-9,12,14,21,23,25H,10-11,13,15-20H2,1-7H3,(H,33,40)(H,34,37). The molecule has 2 atom stereocenters. The quantitative estimate of drug-likeness (QED) is 0.241. The normalized spacial score (nSPS) is 17.8. The number of hydrogen-bond donors (Lipinski definition) is 2. The van der Waals surface area contributed by atoms with E-state index in [4.69, 9.17) is 14.2 Å². The Kier molecular flexibility index (Phi) is 11.6. The number of ether oxygens (including phenoxy) is 3. The number of rotatable bonds is 9. The predicted octanol–water partition coefficient (Wildman–Crippen LogP) is 3.94. The first-order valence-electron chi connectivity index (χ1n) is 15.3. The highest BCUT2D eigenvalue weighted by molar-refractivity contribution is 6.05. The fraction of sp³-hybridized carbons (Fsp3) is 0.656. The van der Waals surface area contributed by atoms with Crippen molar-refractivity contribution in [2.24, 2.45) is 5.92 Å². The number of carbonyl (C=O) groups excluding carboxylic acids is 5. The highest BCUT2D eigenvalue weighted by Crippen LogP contribution is 2.35. The summed E-state index contributed by atoms with van der Waals surface area (Å²) >= 11 is 0. The number of benzene rings is 1. The molecule has 1 aromatic rings. The molecule has 2 N–H and O–H groups in total. The Hall–Kier alpha value is -3.83. The minimum absolute atomic E-state index is 0.179. The third kappa shape index (κ3) is 9.85. The molecule has 4 amide bonds. The van der Waals surface area contributed by atoms with E-state index in [1.807, 2.05) is 45.0 Å². The number of nitrogens with one attached hydrogen (secondary N) is 2. The lowest BCUT2D eigenvalue weighted by atomic mass is 9.95. The maximum Gasteiger partial charge on any atom is 0.410 e. The van der Waals surface area contributed by atoms with Crippen LogP contribution in [0.15, 0.2) is 24.3 Å². The van der Waals surface area contributed by atoms with E-state index in [2.05, 4.69) is 10.6 Å². The average Bonchev–Trinajstić information content (AvgIpc) is 3.33. The number of carbonyl (C=O) groups is 5. The molecule has 2 aliphatic rings. The third-order valence-corrected chi connectivity index (χ3v) is 7.40. The van der Waals surface area contributed by atoms with Crippen LogP contribution in [-0.4, -0.2) is 84.9 Å². The second-order valence-corrected chi connectivity index (χ2v) is 13.3. The molecular weight excluding hydrogens is 568 g/mol. The molecule has 3 rings (SSSR count). The van der Waals surface area contributed by atoms with Crippen molar-refractivity contribution in [3.8, 4) is 0 Å². The average molecular weight is 617 g/mol. The van der Waals surface area contributed by atoms with Crippen molar-refractivity contribution in [3.63, 3.8) is 0 Å². The van der Waals surface area contributed by atoms with E-state index in [0.29, 0.717) is 63.8 Å². The van der Waals surface area contributed by atoms with Gasteiger partial charge in [-0.15, -0.1) is 0 Å². The smallest absolute Gasteiger partial charge is 0.410 e. The molecule has 1 fully saturated rings. The van der Waals surface area contributed by atoms with Crippen molar-refractivity contribution >= 4 is 35.7 Å². The molecule has 2 aliphatic heterocycles. The number of para-hydroxylation sites is 1. The van der Waals surface area contributed by atoms with Crippen LogP contribution in [-0.2, 0) is 35.0 Å². The van der Waals surface area contributed by atoms with Gasteiger partial charge in [0.2, 0.25) is 11.8 Å². The molecule has 44 heavy (non-hydrogen) atoms. The Balaban J connectivity index is 1.63. The number of unbranched alkanes of at least 4 members (excludes halogenated alkanes) is 1.